The monoisotopic (exact) mass is 408 g/mol. The average molecular weight is 409 g/mol. The zero-order valence-electron chi connectivity index (χ0n) is 13.7. The minimum Gasteiger partial charge on any atom is -0.346 e. The highest BCUT2D eigenvalue weighted by Gasteiger charge is 2.32. The highest BCUT2D eigenvalue weighted by atomic mass is 35.5. The fourth-order valence-corrected chi connectivity index (χ4v) is 4.12. The molecular weight excluding hydrogens is 397 g/mol. The summed E-state index contributed by atoms with van der Waals surface area (Å²) in [6.07, 6.45) is 1.39. The normalized spacial score (nSPS) is 12.0. The topological polar surface area (TPSA) is 54.5 Å². The third-order valence-electron chi connectivity index (χ3n) is 4.05. The van der Waals surface area contributed by atoms with Crippen molar-refractivity contribution in [3.8, 4) is 0 Å². The largest absolute Gasteiger partial charge is 0.433 e. The molecule has 9 heteroatoms. The molecule has 4 aromatic rings. The van der Waals surface area contributed by atoms with E-state index in [4.69, 9.17) is 11.6 Å². The van der Waals surface area contributed by atoms with Crippen LogP contribution in [0, 0.1) is 0 Å². The van der Waals surface area contributed by atoms with Gasteiger partial charge in [0.2, 0.25) is 0 Å². The zero-order valence-corrected chi connectivity index (χ0v) is 15.3. The number of hydrogen-bond donors (Lipinski definition) is 1. The van der Waals surface area contributed by atoms with Gasteiger partial charge in [-0.15, -0.1) is 11.3 Å². The van der Waals surface area contributed by atoms with Crippen LogP contribution in [0.5, 0.6) is 0 Å². The molecule has 0 radical (unpaired) electrons. The number of thiazole rings is 1. The number of fused-ring (bicyclic) bond motifs is 1. The average Bonchev–Trinajstić information content (AvgIpc) is 3.19. The van der Waals surface area contributed by atoms with Gasteiger partial charge in [-0.3, -0.25) is 4.98 Å². The van der Waals surface area contributed by atoms with Crippen LogP contribution in [0.2, 0.25) is 5.15 Å². The number of nitrogens with zero attached hydrogens (tertiary/aromatic N) is 3. The summed E-state index contributed by atoms with van der Waals surface area (Å²) in [6, 6.07) is 6.25. The molecule has 4 rings (SSSR count). The van der Waals surface area contributed by atoms with Crippen molar-refractivity contribution in [3.63, 3.8) is 0 Å². The highest BCUT2D eigenvalue weighted by molar-refractivity contribution is 7.12. The van der Waals surface area contributed by atoms with Gasteiger partial charge in [0, 0.05) is 41.7 Å². The molecule has 0 aliphatic heterocycles. The van der Waals surface area contributed by atoms with Crippen molar-refractivity contribution in [2.24, 2.45) is 0 Å². The molecular formula is C18H12ClF3N4S. The summed E-state index contributed by atoms with van der Waals surface area (Å²) in [5, 5.41) is 2.16. The predicted molar refractivity (Wildman–Crippen MR) is 98.1 cm³/mol. The Morgan fingerprint density at radius 3 is 2.70 bits per heavy atom. The van der Waals surface area contributed by atoms with E-state index in [1.807, 2.05) is 18.3 Å². The summed E-state index contributed by atoms with van der Waals surface area (Å²) in [5.41, 5.74) is 1.61. The Morgan fingerprint density at radius 2 is 1.96 bits per heavy atom. The van der Waals surface area contributed by atoms with Crippen molar-refractivity contribution in [2.75, 3.05) is 0 Å². The van der Waals surface area contributed by atoms with Crippen LogP contribution in [0.3, 0.4) is 0 Å². The second-order valence-corrected chi connectivity index (χ2v) is 7.46. The molecule has 0 atom stereocenters. The van der Waals surface area contributed by atoms with Crippen molar-refractivity contribution < 1.29 is 13.2 Å². The number of rotatable bonds is 4. The first-order chi connectivity index (χ1) is 12.9. The molecule has 138 valence electrons. The maximum absolute atomic E-state index is 12.6. The van der Waals surface area contributed by atoms with E-state index < -0.39 is 11.9 Å². The smallest absolute Gasteiger partial charge is 0.346 e. The Kier molecular flexibility index (Phi) is 4.61. The van der Waals surface area contributed by atoms with Crippen molar-refractivity contribution in [2.45, 2.75) is 19.0 Å². The lowest BCUT2D eigenvalue weighted by atomic mass is 10.1. The molecule has 4 nitrogen and oxygen atoms in total. The van der Waals surface area contributed by atoms with Crippen molar-refractivity contribution in [1.29, 1.82) is 0 Å². The maximum Gasteiger partial charge on any atom is 0.433 e. The first-order valence-electron chi connectivity index (χ1n) is 7.97. The van der Waals surface area contributed by atoms with Gasteiger partial charge >= 0.3 is 6.18 Å². The summed E-state index contributed by atoms with van der Waals surface area (Å²) < 4.78 is 37.8. The Hall–Kier alpha value is -2.45. The Morgan fingerprint density at radius 1 is 1.11 bits per heavy atom. The first kappa shape index (κ1) is 17.9. The maximum atomic E-state index is 12.6. The van der Waals surface area contributed by atoms with Gasteiger partial charge in [0.05, 0.1) is 5.01 Å². The number of hydrogen-bond acceptors (Lipinski definition) is 4. The molecule has 1 N–H and O–H groups in total. The Balaban J connectivity index is 1.53. The Labute approximate surface area is 161 Å². The van der Waals surface area contributed by atoms with Gasteiger partial charge in [0.1, 0.15) is 16.5 Å². The van der Waals surface area contributed by atoms with E-state index in [0.29, 0.717) is 23.6 Å². The van der Waals surface area contributed by atoms with E-state index >= 15 is 0 Å². The van der Waals surface area contributed by atoms with Crippen LogP contribution in [-0.4, -0.2) is 19.9 Å². The van der Waals surface area contributed by atoms with Crippen molar-refractivity contribution in [1.82, 2.24) is 19.9 Å². The molecule has 0 unspecified atom stereocenters. The van der Waals surface area contributed by atoms with Gasteiger partial charge in [0.25, 0.3) is 0 Å². The van der Waals surface area contributed by atoms with Crippen molar-refractivity contribution in [3.05, 3.63) is 74.7 Å². The zero-order chi connectivity index (χ0) is 19.0. The quantitative estimate of drug-likeness (QED) is 0.500. The van der Waals surface area contributed by atoms with E-state index in [0.717, 1.165) is 32.5 Å². The SMILES string of the molecule is FC(F)(F)c1ccc(Cc2nc(Cl)c(Cc3c[nH]c4ncccc34)s2)cn1. The molecule has 0 fully saturated rings. The number of H-pyrrole nitrogens is 1. The van der Waals surface area contributed by atoms with Gasteiger partial charge in [-0.1, -0.05) is 17.7 Å². The molecule has 0 amide bonds. The van der Waals surface area contributed by atoms with Gasteiger partial charge < -0.3 is 4.98 Å². The summed E-state index contributed by atoms with van der Waals surface area (Å²) in [4.78, 5) is 16.1. The van der Waals surface area contributed by atoms with Crippen LogP contribution in [0.4, 0.5) is 13.2 Å². The van der Waals surface area contributed by atoms with Crippen LogP contribution in [-0.2, 0) is 19.0 Å². The first-order valence-corrected chi connectivity index (χ1v) is 9.17. The molecule has 27 heavy (non-hydrogen) atoms. The van der Waals surface area contributed by atoms with E-state index in [-0.39, 0.29) is 0 Å². The summed E-state index contributed by atoms with van der Waals surface area (Å²) in [6.45, 7) is 0. The van der Waals surface area contributed by atoms with Gasteiger partial charge in [-0.05, 0) is 29.3 Å². The lowest BCUT2D eigenvalue weighted by Crippen LogP contribution is -2.07. The molecule has 0 bridgehead atoms. The fraction of sp³-hybridized carbons (Fsp3) is 0.167. The number of pyridine rings is 2. The summed E-state index contributed by atoms with van der Waals surface area (Å²) in [5.74, 6) is 0. The third kappa shape index (κ3) is 3.81. The van der Waals surface area contributed by atoms with Crippen LogP contribution >= 0.6 is 22.9 Å². The van der Waals surface area contributed by atoms with Gasteiger partial charge in [-0.25, -0.2) is 9.97 Å². The van der Waals surface area contributed by atoms with E-state index in [2.05, 4.69) is 19.9 Å². The number of halogens is 4. The second kappa shape index (κ2) is 6.94. The molecule has 0 saturated heterocycles. The third-order valence-corrected chi connectivity index (χ3v) is 5.53. The number of alkyl halides is 3. The van der Waals surface area contributed by atoms with Crippen LogP contribution < -0.4 is 0 Å². The molecule has 4 heterocycles. The summed E-state index contributed by atoms with van der Waals surface area (Å²) in [7, 11) is 0. The minimum absolute atomic E-state index is 0.380. The molecule has 4 aromatic heterocycles. The van der Waals surface area contributed by atoms with E-state index in [1.54, 1.807) is 6.20 Å². The number of aromatic amines is 1. The fourth-order valence-electron chi connectivity index (χ4n) is 2.77. The molecule has 0 spiro atoms. The lowest BCUT2D eigenvalue weighted by Gasteiger charge is -2.05. The van der Waals surface area contributed by atoms with Crippen molar-refractivity contribution >= 4 is 34.0 Å². The van der Waals surface area contributed by atoms with Gasteiger partial charge in [0.15, 0.2) is 0 Å². The molecule has 0 aliphatic rings. The number of nitrogens with one attached hydrogen (secondary N) is 1. The van der Waals surface area contributed by atoms with Gasteiger partial charge in [-0.2, -0.15) is 13.2 Å². The van der Waals surface area contributed by atoms with E-state index in [9.17, 15) is 13.2 Å². The van der Waals surface area contributed by atoms with Crippen LogP contribution in [0.1, 0.15) is 26.7 Å². The molecule has 0 aromatic carbocycles. The van der Waals surface area contributed by atoms with Crippen LogP contribution in [0.15, 0.2) is 42.9 Å². The lowest BCUT2D eigenvalue weighted by molar-refractivity contribution is -0.141. The summed E-state index contributed by atoms with van der Waals surface area (Å²) >= 11 is 7.72. The highest BCUT2D eigenvalue weighted by Crippen LogP contribution is 2.30. The second-order valence-electron chi connectivity index (χ2n) is 5.94. The Bertz CT molecular complexity index is 1090. The molecule has 0 aliphatic carbocycles. The predicted octanol–water partition coefficient (Wildman–Crippen LogP) is 5.27. The number of aromatic nitrogens is 4. The van der Waals surface area contributed by atoms with Crippen LogP contribution in [0.25, 0.3) is 11.0 Å². The minimum atomic E-state index is -4.44. The molecule has 0 saturated carbocycles. The standard InChI is InChI=1S/C18H12ClF3N4S/c19-16-13(7-11-9-25-17-12(11)2-1-5-23-17)27-15(26-16)6-10-3-4-14(24-8-10)18(20,21)22/h1-5,8-9H,6-7H2,(H,23,25). The van der Waals surface area contributed by atoms with E-state index in [1.165, 1.54) is 23.6 Å².